The molecule has 2 bridgehead atoms. The second-order valence-corrected chi connectivity index (χ2v) is 9.21. The van der Waals surface area contributed by atoms with Crippen LogP contribution in [-0.2, 0) is 9.47 Å². The molecule has 2 aromatic rings. The Kier molecular flexibility index (Phi) is 5.65. The highest BCUT2D eigenvalue weighted by Gasteiger charge is 2.45. The molecule has 0 aliphatic carbocycles. The summed E-state index contributed by atoms with van der Waals surface area (Å²) >= 11 is 0. The number of rotatable bonds is 3. The zero-order valence-electron chi connectivity index (χ0n) is 17.8. The largest absolute Gasteiger partial charge is 0.444 e. The van der Waals surface area contributed by atoms with Crippen LogP contribution in [0, 0.1) is 5.92 Å². The summed E-state index contributed by atoms with van der Waals surface area (Å²) in [4.78, 5) is 27.9. The van der Waals surface area contributed by atoms with E-state index in [1.54, 1.807) is 4.90 Å². The molecule has 2 fully saturated rings. The van der Waals surface area contributed by atoms with E-state index in [2.05, 4.69) is 0 Å². The van der Waals surface area contributed by atoms with Crippen LogP contribution in [0.3, 0.4) is 0 Å². The van der Waals surface area contributed by atoms with Gasteiger partial charge in [0.05, 0.1) is 25.3 Å². The zero-order valence-corrected chi connectivity index (χ0v) is 17.8. The van der Waals surface area contributed by atoms with Crippen LogP contribution in [0.2, 0.25) is 0 Å². The van der Waals surface area contributed by atoms with Crippen molar-refractivity contribution >= 4 is 11.9 Å². The van der Waals surface area contributed by atoms with E-state index in [1.807, 2.05) is 75.4 Å². The highest BCUT2D eigenvalue weighted by Crippen LogP contribution is 2.35. The third-order valence-electron chi connectivity index (χ3n) is 5.75. The van der Waals surface area contributed by atoms with Gasteiger partial charge in [0.1, 0.15) is 5.60 Å². The zero-order chi connectivity index (χ0) is 21.3. The molecular formula is C25H29NO4. The number of amides is 1. The van der Waals surface area contributed by atoms with Crippen LogP contribution in [0.1, 0.15) is 44.0 Å². The second kappa shape index (κ2) is 8.23. The summed E-state index contributed by atoms with van der Waals surface area (Å²) in [6.07, 6.45) is 0.895. The predicted molar refractivity (Wildman–Crippen MR) is 115 cm³/mol. The maximum absolute atomic E-state index is 13.3. The molecule has 2 saturated heterocycles. The Bertz CT molecular complexity index is 904. The van der Waals surface area contributed by atoms with Gasteiger partial charge in [-0.25, -0.2) is 4.79 Å². The summed E-state index contributed by atoms with van der Waals surface area (Å²) in [6.45, 7) is 6.50. The van der Waals surface area contributed by atoms with E-state index in [1.165, 1.54) is 0 Å². The third-order valence-corrected chi connectivity index (χ3v) is 5.75. The Hall–Kier alpha value is -2.66. The Labute approximate surface area is 178 Å². The van der Waals surface area contributed by atoms with Crippen LogP contribution in [-0.4, -0.2) is 47.7 Å². The molecule has 2 unspecified atom stereocenters. The Morgan fingerprint density at radius 2 is 1.57 bits per heavy atom. The molecule has 2 heterocycles. The van der Waals surface area contributed by atoms with Crippen LogP contribution in [0.4, 0.5) is 4.79 Å². The van der Waals surface area contributed by atoms with Gasteiger partial charge in [-0.05, 0) is 50.8 Å². The fourth-order valence-corrected chi connectivity index (χ4v) is 4.46. The molecule has 5 heteroatoms. The molecule has 30 heavy (non-hydrogen) atoms. The SMILES string of the molecule is CC(C)(C)OC(=O)N1C2COCC1CC(C(=O)c1cccc(-c3ccccc3)c1)C2. The molecule has 2 aliphatic heterocycles. The van der Waals surface area contributed by atoms with Gasteiger partial charge < -0.3 is 9.47 Å². The lowest BCUT2D eigenvalue weighted by molar-refractivity contribution is -0.0861. The molecule has 0 radical (unpaired) electrons. The van der Waals surface area contributed by atoms with E-state index in [0.29, 0.717) is 26.1 Å². The number of fused-ring (bicyclic) bond motifs is 2. The minimum Gasteiger partial charge on any atom is -0.444 e. The molecule has 0 spiro atoms. The lowest BCUT2D eigenvalue weighted by Gasteiger charge is -2.47. The number of hydrogen-bond acceptors (Lipinski definition) is 4. The van der Waals surface area contributed by atoms with Crippen molar-refractivity contribution in [2.24, 2.45) is 5.92 Å². The molecule has 0 aromatic heterocycles. The minimum atomic E-state index is -0.545. The summed E-state index contributed by atoms with van der Waals surface area (Å²) in [6, 6.07) is 17.7. The van der Waals surface area contributed by atoms with Gasteiger partial charge in [-0.15, -0.1) is 0 Å². The van der Waals surface area contributed by atoms with Crippen molar-refractivity contribution in [3.63, 3.8) is 0 Å². The van der Waals surface area contributed by atoms with Gasteiger partial charge in [-0.1, -0.05) is 48.5 Å². The minimum absolute atomic E-state index is 0.117. The smallest absolute Gasteiger partial charge is 0.410 e. The molecule has 2 atom stereocenters. The number of Topliss-reactive ketones (excluding diaryl/α,β-unsaturated/α-hetero) is 1. The van der Waals surface area contributed by atoms with Gasteiger partial charge in [0, 0.05) is 11.5 Å². The van der Waals surface area contributed by atoms with Crippen molar-refractivity contribution in [3.05, 3.63) is 60.2 Å². The molecule has 1 amide bonds. The maximum atomic E-state index is 13.3. The van der Waals surface area contributed by atoms with Crippen molar-refractivity contribution in [3.8, 4) is 11.1 Å². The van der Waals surface area contributed by atoms with E-state index in [4.69, 9.17) is 9.47 Å². The van der Waals surface area contributed by atoms with Crippen LogP contribution >= 0.6 is 0 Å². The number of ketones is 1. The predicted octanol–water partition coefficient (Wildman–Crippen LogP) is 4.95. The number of piperidine rings is 1. The molecule has 0 N–H and O–H groups in total. The summed E-state index contributed by atoms with van der Waals surface area (Å²) in [7, 11) is 0. The Morgan fingerprint density at radius 3 is 2.20 bits per heavy atom. The van der Waals surface area contributed by atoms with Crippen LogP contribution in [0.5, 0.6) is 0 Å². The lowest BCUT2D eigenvalue weighted by atomic mass is 9.80. The normalized spacial score (nSPS) is 23.7. The van der Waals surface area contributed by atoms with E-state index in [-0.39, 0.29) is 29.9 Å². The number of ether oxygens (including phenoxy) is 2. The molecule has 2 aliphatic rings. The highest BCUT2D eigenvalue weighted by molar-refractivity contribution is 5.99. The lowest BCUT2D eigenvalue weighted by Crippen LogP contribution is -2.60. The van der Waals surface area contributed by atoms with E-state index in [9.17, 15) is 9.59 Å². The van der Waals surface area contributed by atoms with Gasteiger partial charge >= 0.3 is 6.09 Å². The first-order valence-electron chi connectivity index (χ1n) is 10.6. The molecular weight excluding hydrogens is 378 g/mol. The van der Waals surface area contributed by atoms with Crippen molar-refractivity contribution < 1.29 is 19.1 Å². The van der Waals surface area contributed by atoms with Crippen LogP contribution in [0.25, 0.3) is 11.1 Å². The summed E-state index contributed by atoms with van der Waals surface area (Å²) in [5, 5.41) is 0. The average Bonchev–Trinajstić information content (AvgIpc) is 2.71. The van der Waals surface area contributed by atoms with Gasteiger partial charge in [-0.3, -0.25) is 9.69 Å². The standard InChI is InChI=1S/C25H29NO4/c1-25(2,3)30-24(28)26-21-13-20(14-22(26)16-29-15-21)23(27)19-11-7-10-18(12-19)17-8-5-4-6-9-17/h4-12,20-22H,13-16H2,1-3H3. The first kappa shape index (κ1) is 20.6. The fraction of sp³-hybridized carbons (Fsp3) is 0.440. The van der Waals surface area contributed by atoms with Gasteiger partial charge in [0.2, 0.25) is 0 Å². The van der Waals surface area contributed by atoms with Crippen LogP contribution in [0.15, 0.2) is 54.6 Å². The Morgan fingerprint density at radius 1 is 0.933 bits per heavy atom. The second-order valence-electron chi connectivity index (χ2n) is 9.21. The van der Waals surface area contributed by atoms with Crippen molar-refractivity contribution in [1.82, 2.24) is 4.90 Å². The first-order chi connectivity index (χ1) is 14.3. The third kappa shape index (κ3) is 4.41. The summed E-state index contributed by atoms with van der Waals surface area (Å²) < 4.78 is 11.3. The number of carbonyl (C=O) groups excluding carboxylic acids is 2. The number of benzene rings is 2. The molecule has 5 nitrogen and oxygen atoms in total. The highest BCUT2D eigenvalue weighted by atomic mass is 16.6. The number of carbonyl (C=O) groups is 2. The summed E-state index contributed by atoms with van der Waals surface area (Å²) in [5.41, 5.74) is 2.32. The first-order valence-corrected chi connectivity index (χ1v) is 10.6. The van der Waals surface area contributed by atoms with E-state index < -0.39 is 5.60 Å². The number of nitrogens with zero attached hydrogens (tertiary/aromatic N) is 1. The number of hydrogen-bond donors (Lipinski definition) is 0. The monoisotopic (exact) mass is 407 g/mol. The molecule has 4 rings (SSSR count). The summed E-state index contributed by atoms with van der Waals surface area (Å²) in [5.74, 6) is 0.0297. The van der Waals surface area contributed by atoms with Crippen molar-refractivity contribution in [2.75, 3.05) is 13.2 Å². The Balaban J connectivity index is 1.51. The quantitative estimate of drug-likeness (QED) is 0.676. The average molecular weight is 408 g/mol. The van der Waals surface area contributed by atoms with E-state index in [0.717, 1.165) is 16.7 Å². The molecule has 158 valence electrons. The van der Waals surface area contributed by atoms with Crippen LogP contribution < -0.4 is 0 Å². The topological polar surface area (TPSA) is 55.8 Å². The molecule has 0 saturated carbocycles. The maximum Gasteiger partial charge on any atom is 0.410 e. The fourth-order valence-electron chi connectivity index (χ4n) is 4.46. The van der Waals surface area contributed by atoms with Gasteiger partial charge in [-0.2, -0.15) is 0 Å². The molecule has 2 aromatic carbocycles. The van der Waals surface area contributed by atoms with Gasteiger partial charge in [0.15, 0.2) is 5.78 Å². The van der Waals surface area contributed by atoms with Crippen molar-refractivity contribution in [1.29, 1.82) is 0 Å². The van der Waals surface area contributed by atoms with E-state index >= 15 is 0 Å². The van der Waals surface area contributed by atoms with Gasteiger partial charge in [0.25, 0.3) is 0 Å². The van der Waals surface area contributed by atoms with Crippen molar-refractivity contribution in [2.45, 2.75) is 51.3 Å². The number of morpholine rings is 1.